The summed E-state index contributed by atoms with van der Waals surface area (Å²) in [6.45, 7) is 12.3. The first-order valence-corrected chi connectivity index (χ1v) is 14.6. The van der Waals surface area contributed by atoms with Crippen LogP contribution in [0.2, 0.25) is 0 Å². The minimum atomic E-state index is -1.02. The molecule has 8 atom stereocenters. The van der Waals surface area contributed by atoms with Crippen LogP contribution in [0.3, 0.4) is 0 Å². The number of esters is 1. The summed E-state index contributed by atoms with van der Waals surface area (Å²) in [4.78, 5) is 55.6. The van der Waals surface area contributed by atoms with Crippen LogP contribution in [0.5, 0.6) is 0 Å². The monoisotopic (exact) mass is 539 g/mol. The van der Waals surface area contributed by atoms with E-state index >= 15 is 0 Å². The first-order chi connectivity index (χ1) is 18.4. The van der Waals surface area contributed by atoms with Crippen molar-refractivity contribution in [1.82, 2.24) is 15.5 Å². The molecule has 1 spiro atoms. The van der Waals surface area contributed by atoms with Gasteiger partial charge in [0.1, 0.15) is 17.7 Å². The maximum Gasteiger partial charge on any atom is 0.312 e. The highest BCUT2D eigenvalue weighted by molar-refractivity contribution is 6.03. The molecule has 4 aliphatic carbocycles. The third kappa shape index (κ3) is 3.67. The Balaban J connectivity index is 1.19. The summed E-state index contributed by atoms with van der Waals surface area (Å²) in [7, 11) is 0. The van der Waals surface area contributed by atoms with Crippen LogP contribution < -0.4 is 10.6 Å². The number of hydrogen-bond donors (Lipinski definition) is 2. The van der Waals surface area contributed by atoms with Crippen LogP contribution in [0.25, 0.3) is 0 Å². The highest BCUT2D eigenvalue weighted by Gasteiger charge is 2.87. The highest BCUT2D eigenvalue weighted by Crippen LogP contribution is 2.69. The molecule has 0 aromatic rings. The van der Waals surface area contributed by atoms with E-state index in [0.717, 1.165) is 17.6 Å². The van der Waals surface area contributed by atoms with Crippen molar-refractivity contribution in [2.45, 2.75) is 109 Å². The third-order valence-electron chi connectivity index (χ3n) is 10.5. The summed E-state index contributed by atoms with van der Waals surface area (Å²) in [5.74, 6) is -1.25. The Morgan fingerprint density at radius 2 is 1.85 bits per heavy atom. The summed E-state index contributed by atoms with van der Waals surface area (Å²) >= 11 is 0. The van der Waals surface area contributed by atoms with Crippen LogP contribution >= 0.6 is 0 Å². The van der Waals surface area contributed by atoms with Gasteiger partial charge in [0.15, 0.2) is 5.60 Å². The second kappa shape index (κ2) is 8.66. The van der Waals surface area contributed by atoms with Crippen LogP contribution in [0, 0.1) is 23.7 Å². The molecule has 9 heteroatoms. The molecule has 3 saturated carbocycles. The topological polar surface area (TPSA) is 114 Å². The van der Waals surface area contributed by atoms with Crippen molar-refractivity contribution in [2.75, 3.05) is 6.54 Å². The van der Waals surface area contributed by atoms with Gasteiger partial charge in [-0.05, 0) is 69.8 Å². The minimum absolute atomic E-state index is 0.0114. The number of fused-ring (bicyclic) bond motifs is 2. The lowest BCUT2D eigenvalue weighted by atomic mass is 9.88. The average molecular weight is 540 g/mol. The largest absolute Gasteiger partial charge is 0.453 e. The molecule has 2 heterocycles. The highest BCUT2D eigenvalue weighted by atomic mass is 16.6. The molecule has 0 radical (unpaired) electrons. The molecule has 2 aliphatic heterocycles. The molecule has 39 heavy (non-hydrogen) atoms. The Morgan fingerprint density at radius 3 is 2.46 bits per heavy atom. The molecule has 0 aromatic heterocycles. The van der Waals surface area contributed by atoms with Gasteiger partial charge in [-0.1, -0.05) is 32.9 Å². The van der Waals surface area contributed by atoms with Crippen molar-refractivity contribution in [3.63, 3.8) is 0 Å². The maximum absolute atomic E-state index is 14.1. The van der Waals surface area contributed by atoms with Crippen molar-refractivity contribution in [3.05, 3.63) is 23.3 Å². The predicted molar refractivity (Wildman–Crippen MR) is 142 cm³/mol. The van der Waals surface area contributed by atoms with Gasteiger partial charge < -0.3 is 25.0 Å². The van der Waals surface area contributed by atoms with Crippen molar-refractivity contribution in [2.24, 2.45) is 23.7 Å². The summed E-state index contributed by atoms with van der Waals surface area (Å²) in [5.41, 5.74) is -0.917. The molecule has 5 fully saturated rings. The molecule has 0 aromatic carbocycles. The molecule has 2 saturated heterocycles. The molecule has 212 valence electrons. The lowest BCUT2D eigenvalue weighted by molar-refractivity contribution is -0.151. The van der Waals surface area contributed by atoms with Gasteiger partial charge in [-0.15, -0.1) is 0 Å². The molecule has 9 nitrogen and oxygen atoms in total. The number of rotatable bonds is 7. The molecule has 3 amide bonds. The number of allylic oxidation sites excluding steroid dienone is 3. The van der Waals surface area contributed by atoms with E-state index < -0.39 is 22.7 Å². The van der Waals surface area contributed by atoms with Gasteiger partial charge in [-0.25, -0.2) is 0 Å². The van der Waals surface area contributed by atoms with Crippen molar-refractivity contribution in [3.8, 4) is 0 Å². The fourth-order valence-electron chi connectivity index (χ4n) is 7.85. The number of nitrogens with zero attached hydrogens (tertiary/aromatic N) is 1. The maximum atomic E-state index is 14.1. The number of carbonyl (C=O) groups is 4. The van der Waals surface area contributed by atoms with E-state index in [2.05, 4.69) is 16.7 Å². The molecule has 7 unspecified atom stereocenters. The summed E-state index contributed by atoms with van der Waals surface area (Å²) in [5, 5.41) is 6.32. The van der Waals surface area contributed by atoms with E-state index in [1.165, 1.54) is 0 Å². The van der Waals surface area contributed by atoms with E-state index in [1.54, 1.807) is 4.90 Å². The van der Waals surface area contributed by atoms with Crippen LogP contribution in [0.15, 0.2) is 23.3 Å². The molecule has 0 bridgehead atoms. The Bertz CT molecular complexity index is 1200. The van der Waals surface area contributed by atoms with Crippen molar-refractivity contribution < 1.29 is 28.7 Å². The van der Waals surface area contributed by atoms with Gasteiger partial charge in [-0.3, -0.25) is 19.2 Å². The van der Waals surface area contributed by atoms with Crippen molar-refractivity contribution >= 4 is 23.7 Å². The number of nitrogens with one attached hydrogen (secondary N) is 2. The quantitative estimate of drug-likeness (QED) is 0.481. The first kappa shape index (κ1) is 26.5. The Morgan fingerprint density at radius 1 is 1.13 bits per heavy atom. The van der Waals surface area contributed by atoms with E-state index in [-0.39, 0.29) is 59.6 Å². The van der Waals surface area contributed by atoms with Crippen molar-refractivity contribution in [1.29, 1.82) is 0 Å². The van der Waals surface area contributed by atoms with Gasteiger partial charge in [0.25, 0.3) is 0 Å². The summed E-state index contributed by atoms with van der Waals surface area (Å²) in [6.07, 6.45) is 6.97. The Kier molecular flexibility index (Phi) is 5.89. The molecule has 6 rings (SSSR count). The fraction of sp³-hybridized carbons (Fsp3) is 0.733. The number of likely N-dealkylation sites (tertiary alicyclic amines) is 1. The van der Waals surface area contributed by atoms with Crippen LogP contribution in [0.4, 0.5) is 0 Å². The molecular formula is C30H41N3O6. The van der Waals surface area contributed by atoms with Crippen LogP contribution in [0.1, 0.15) is 73.6 Å². The lowest BCUT2D eigenvalue weighted by Crippen LogP contribution is -2.59. The smallest absolute Gasteiger partial charge is 0.312 e. The minimum Gasteiger partial charge on any atom is -0.453 e. The van der Waals surface area contributed by atoms with Gasteiger partial charge in [0.05, 0.1) is 17.6 Å². The van der Waals surface area contributed by atoms with E-state index in [1.807, 2.05) is 47.6 Å². The van der Waals surface area contributed by atoms with E-state index in [9.17, 15) is 19.2 Å². The molecule has 2 N–H and O–H groups in total. The van der Waals surface area contributed by atoms with Gasteiger partial charge in [0, 0.05) is 18.5 Å². The standard InChI is InChI=1S/C30H41N3O6/c1-15(2)38-22-14-29(22)28(13-20(28)26(36)39-29)31-24(34)21-11-8-12-33(21)27(37)30(18(5)19(30)6)32-25(35)23-16(3)9-7-10-17(23)4/h7,9,15,17-22H,8,10-14H2,1-6H3,(H,31,34)(H,32,35)/t17?,18?,19?,20?,21-,22?,28?,29?,30?/m0/s1. The molecule has 6 aliphatic rings. The lowest BCUT2D eigenvalue weighted by Gasteiger charge is -2.32. The summed E-state index contributed by atoms with van der Waals surface area (Å²) in [6, 6.07) is -0.643. The number of amides is 3. The SMILES string of the molecule is CC1=C(C(=O)NC2(C(=O)N3CCC[C@H]3C(=O)NC34CC3C(=O)OC43CC3OC(C)C)C(C)C2C)C(C)CC=C1. The second-order valence-electron chi connectivity index (χ2n) is 13.1. The zero-order chi connectivity index (χ0) is 28.1. The number of carbonyl (C=O) groups excluding carboxylic acids is 4. The normalized spacial score (nSPS) is 43.5. The Hall–Kier alpha value is -2.68. The van der Waals surface area contributed by atoms with Crippen LogP contribution in [-0.4, -0.2) is 70.1 Å². The number of ether oxygens (including phenoxy) is 2. The molecular weight excluding hydrogens is 498 g/mol. The van der Waals surface area contributed by atoms with Gasteiger partial charge in [-0.2, -0.15) is 0 Å². The van der Waals surface area contributed by atoms with Gasteiger partial charge >= 0.3 is 5.97 Å². The number of hydrogen-bond acceptors (Lipinski definition) is 6. The van der Waals surface area contributed by atoms with Gasteiger partial charge in [0.2, 0.25) is 17.7 Å². The summed E-state index contributed by atoms with van der Waals surface area (Å²) < 4.78 is 11.7. The fourth-order valence-corrected chi connectivity index (χ4v) is 7.85. The average Bonchev–Trinajstić information content (AvgIpc) is 3.76. The van der Waals surface area contributed by atoms with E-state index in [4.69, 9.17) is 9.47 Å². The Labute approximate surface area is 230 Å². The zero-order valence-electron chi connectivity index (χ0n) is 23.8. The van der Waals surface area contributed by atoms with Crippen LogP contribution in [-0.2, 0) is 28.7 Å². The first-order valence-electron chi connectivity index (χ1n) is 14.6. The predicted octanol–water partition coefficient (Wildman–Crippen LogP) is 2.40. The third-order valence-corrected chi connectivity index (χ3v) is 10.5. The zero-order valence-corrected chi connectivity index (χ0v) is 23.8. The van der Waals surface area contributed by atoms with E-state index in [0.29, 0.717) is 32.2 Å². The second-order valence-corrected chi connectivity index (χ2v) is 13.1.